The van der Waals surface area contributed by atoms with Crippen LogP contribution in [0, 0.1) is 0 Å². The van der Waals surface area contributed by atoms with Crippen LogP contribution < -0.4 is 10.5 Å². The molecule has 0 spiro atoms. The van der Waals surface area contributed by atoms with Gasteiger partial charge in [-0.25, -0.2) is 0 Å². The first-order chi connectivity index (χ1) is 6.40. The molecule has 4 nitrogen and oxygen atoms in total. The summed E-state index contributed by atoms with van der Waals surface area (Å²) in [6, 6.07) is 1.83. The zero-order valence-corrected chi connectivity index (χ0v) is 7.27. The van der Waals surface area contributed by atoms with Crippen LogP contribution in [-0.2, 0) is 11.3 Å². The number of aromatic nitrogens is 1. The van der Waals surface area contributed by atoms with Crippen molar-refractivity contribution in [2.45, 2.75) is 12.6 Å². The summed E-state index contributed by atoms with van der Waals surface area (Å²) in [4.78, 5) is 3.98. The van der Waals surface area contributed by atoms with E-state index in [-0.39, 0.29) is 6.10 Å². The van der Waals surface area contributed by atoms with Gasteiger partial charge in [-0.3, -0.25) is 4.98 Å². The van der Waals surface area contributed by atoms with Gasteiger partial charge >= 0.3 is 0 Å². The maximum absolute atomic E-state index is 5.63. The van der Waals surface area contributed by atoms with E-state index in [1.807, 2.05) is 6.07 Å². The van der Waals surface area contributed by atoms with Crippen molar-refractivity contribution in [3.05, 3.63) is 24.0 Å². The van der Waals surface area contributed by atoms with Crippen molar-refractivity contribution in [3.8, 4) is 5.75 Å². The van der Waals surface area contributed by atoms with Crippen LogP contribution >= 0.6 is 0 Å². The summed E-state index contributed by atoms with van der Waals surface area (Å²) in [5.41, 5.74) is 6.47. The molecule has 1 aliphatic heterocycles. The van der Waals surface area contributed by atoms with Crippen LogP contribution in [0.25, 0.3) is 0 Å². The molecule has 0 bridgehead atoms. The number of hydrogen-bond acceptors (Lipinski definition) is 4. The number of ether oxygens (including phenoxy) is 2. The first-order valence-corrected chi connectivity index (χ1v) is 4.27. The molecule has 0 unspecified atom stereocenters. The van der Waals surface area contributed by atoms with Gasteiger partial charge < -0.3 is 15.2 Å². The number of nitrogens with zero attached hydrogens (tertiary/aromatic N) is 1. The van der Waals surface area contributed by atoms with Crippen molar-refractivity contribution in [3.63, 3.8) is 0 Å². The minimum absolute atomic E-state index is 0.188. The Hall–Kier alpha value is -1.13. The summed E-state index contributed by atoms with van der Waals surface area (Å²) in [6.45, 7) is 1.80. The molecule has 0 aromatic carbocycles. The van der Waals surface area contributed by atoms with Crippen LogP contribution in [0.2, 0.25) is 0 Å². The van der Waals surface area contributed by atoms with Crippen LogP contribution in [0.1, 0.15) is 5.56 Å². The first-order valence-electron chi connectivity index (χ1n) is 4.27. The predicted molar refractivity (Wildman–Crippen MR) is 47.4 cm³/mol. The van der Waals surface area contributed by atoms with E-state index in [0.29, 0.717) is 19.8 Å². The molecule has 1 aliphatic rings. The minimum atomic E-state index is 0.188. The van der Waals surface area contributed by atoms with Gasteiger partial charge in [0.05, 0.1) is 13.2 Å². The van der Waals surface area contributed by atoms with Crippen LogP contribution in [0.15, 0.2) is 18.5 Å². The van der Waals surface area contributed by atoms with Gasteiger partial charge in [0.1, 0.15) is 11.9 Å². The van der Waals surface area contributed by atoms with Gasteiger partial charge in [-0.1, -0.05) is 0 Å². The molecule has 0 amide bonds. The Labute approximate surface area is 76.7 Å². The second kappa shape index (κ2) is 3.72. The van der Waals surface area contributed by atoms with Crippen molar-refractivity contribution in [1.29, 1.82) is 0 Å². The lowest BCUT2D eigenvalue weighted by atomic mass is 10.2. The molecule has 70 valence electrons. The molecule has 0 radical (unpaired) electrons. The number of hydrogen-bond donors (Lipinski definition) is 1. The van der Waals surface area contributed by atoms with Crippen molar-refractivity contribution >= 4 is 0 Å². The predicted octanol–water partition coefficient (Wildman–Crippen LogP) is 0.318. The Morgan fingerprint density at radius 3 is 3.08 bits per heavy atom. The molecule has 1 aromatic rings. The fourth-order valence-corrected chi connectivity index (χ4v) is 1.14. The lowest BCUT2D eigenvalue weighted by Gasteiger charge is -2.27. The highest BCUT2D eigenvalue weighted by Gasteiger charge is 2.20. The van der Waals surface area contributed by atoms with E-state index in [0.717, 1.165) is 11.3 Å². The lowest BCUT2D eigenvalue weighted by Crippen LogP contribution is -2.38. The third-order valence-corrected chi connectivity index (χ3v) is 1.98. The van der Waals surface area contributed by atoms with E-state index in [2.05, 4.69) is 4.98 Å². The summed E-state index contributed by atoms with van der Waals surface area (Å²) >= 11 is 0. The Morgan fingerprint density at radius 2 is 2.46 bits per heavy atom. The molecular weight excluding hydrogens is 168 g/mol. The molecule has 0 saturated carbocycles. The van der Waals surface area contributed by atoms with Crippen molar-refractivity contribution in [2.24, 2.45) is 5.73 Å². The van der Waals surface area contributed by atoms with Gasteiger partial charge in [0.2, 0.25) is 0 Å². The summed E-state index contributed by atoms with van der Waals surface area (Å²) in [5.74, 6) is 0.825. The molecule has 2 heterocycles. The van der Waals surface area contributed by atoms with Crippen LogP contribution in [-0.4, -0.2) is 24.3 Å². The normalized spacial score (nSPS) is 16.7. The second-order valence-corrected chi connectivity index (χ2v) is 2.96. The zero-order chi connectivity index (χ0) is 9.10. The number of rotatable bonds is 3. The van der Waals surface area contributed by atoms with Crippen LogP contribution in [0.4, 0.5) is 0 Å². The van der Waals surface area contributed by atoms with E-state index in [1.165, 1.54) is 0 Å². The molecule has 2 rings (SSSR count). The monoisotopic (exact) mass is 180 g/mol. The van der Waals surface area contributed by atoms with Gasteiger partial charge in [-0.05, 0) is 6.07 Å². The average Bonchev–Trinajstić information content (AvgIpc) is 2.12. The van der Waals surface area contributed by atoms with Crippen molar-refractivity contribution < 1.29 is 9.47 Å². The standard InChI is InChI=1S/C9H12N2O2/c10-3-7-4-11-2-1-9(7)13-8-5-12-6-8/h1-2,4,8H,3,5-6,10H2. The maximum Gasteiger partial charge on any atom is 0.145 e. The van der Waals surface area contributed by atoms with E-state index in [4.69, 9.17) is 15.2 Å². The van der Waals surface area contributed by atoms with Gasteiger partial charge in [0.15, 0.2) is 0 Å². The van der Waals surface area contributed by atoms with Gasteiger partial charge in [0, 0.05) is 24.5 Å². The van der Waals surface area contributed by atoms with Crippen LogP contribution in [0.5, 0.6) is 5.75 Å². The first kappa shape index (κ1) is 8.47. The largest absolute Gasteiger partial charge is 0.485 e. The highest BCUT2D eigenvalue weighted by Crippen LogP contribution is 2.19. The summed E-state index contributed by atoms with van der Waals surface area (Å²) in [6.07, 6.45) is 3.62. The van der Waals surface area contributed by atoms with Crippen molar-refractivity contribution in [2.75, 3.05) is 13.2 Å². The summed E-state index contributed by atoms with van der Waals surface area (Å²) in [5, 5.41) is 0. The number of pyridine rings is 1. The third kappa shape index (κ3) is 1.79. The zero-order valence-electron chi connectivity index (χ0n) is 7.27. The molecule has 0 atom stereocenters. The summed E-state index contributed by atoms with van der Waals surface area (Å²) < 4.78 is 10.6. The summed E-state index contributed by atoms with van der Waals surface area (Å²) in [7, 11) is 0. The van der Waals surface area contributed by atoms with Crippen molar-refractivity contribution in [1.82, 2.24) is 4.98 Å². The quantitative estimate of drug-likeness (QED) is 0.727. The highest BCUT2D eigenvalue weighted by atomic mass is 16.6. The number of nitrogens with two attached hydrogens (primary N) is 1. The topological polar surface area (TPSA) is 57.4 Å². The maximum atomic E-state index is 5.63. The Bertz CT molecular complexity index is 287. The molecular formula is C9H12N2O2. The van der Waals surface area contributed by atoms with E-state index in [1.54, 1.807) is 12.4 Å². The van der Waals surface area contributed by atoms with Gasteiger partial charge in [0.25, 0.3) is 0 Å². The molecule has 1 aromatic heterocycles. The Balaban J connectivity index is 2.08. The fraction of sp³-hybridized carbons (Fsp3) is 0.444. The smallest absolute Gasteiger partial charge is 0.145 e. The second-order valence-electron chi connectivity index (χ2n) is 2.96. The fourth-order valence-electron chi connectivity index (χ4n) is 1.14. The SMILES string of the molecule is NCc1cnccc1OC1COC1. The highest BCUT2D eigenvalue weighted by molar-refractivity contribution is 5.30. The molecule has 0 aliphatic carbocycles. The molecule has 2 N–H and O–H groups in total. The average molecular weight is 180 g/mol. The van der Waals surface area contributed by atoms with Gasteiger partial charge in [-0.2, -0.15) is 0 Å². The third-order valence-electron chi connectivity index (χ3n) is 1.98. The van der Waals surface area contributed by atoms with E-state index in [9.17, 15) is 0 Å². The molecule has 13 heavy (non-hydrogen) atoms. The van der Waals surface area contributed by atoms with E-state index < -0.39 is 0 Å². The Morgan fingerprint density at radius 1 is 1.62 bits per heavy atom. The van der Waals surface area contributed by atoms with Gasteiger partial charge in [-0.15, -0.1) is 0 Å². The minimum Gasteiger partial charge on any atom is -0.485 e. The molecule has 4 heteroatoms. The molecule has 1 fully saturated rings. The Kier molecular flexibility index (Phi) is 2.42. The lowest BCUT2D eigenvalue weighted by molar-refractivity contribution is -0.0800. The van der Waals surface area contributed by atoms with Crippen LogP contribution in [0.3, 0.4) is 0 Å². The van der Waals surface area contributed by atoms with E-state index >= 15 is 0 Å². The molecule has 1 saturated heterocycles.